The van der Waals surface area contributed by atoms with Crippen LogP contribution in [-0.4, -0.2) is 22.0 Å². The number of carbonyl (C=O) groups excluding carboxylic acids is 2. The zero-order valence-electron chi connectivity index (χ0n) is 8.89. The Labute approximate surface area is 91.9 Å². The van der Waals surface area contributed by atoms with Gasteiger partial charge in [0.05, 0.1) is 6.20 Å². The van der Waals surface area contributed by atoms with E-state index in [0.717, 1.165) is 4.90 Å². The van der Waals surface area contributed by atoms with Crippen LogP contribution in [0.2, 0.25) is 0 Å². The Hall–Kier alpha value is -2.16. The SMILES string of the molecule is CC1C(=O)N(c2[nH]ncc2C#N)C(=O)C1C. The van der Waals surface area contributed by atoms with Crippen LogP contribution < -0.4 is 4.90 Å². The fourth-order valence-electron chi connectivity index (χ4n) is 1.70. The molecule has 1 fully saturated rings. The normalized spacial score (nSPS) is 24.9. The fraction of sp³-hybridized carbons (Fsp3) is 0.400. The molecule has 2 rings (SSSR count). The molecule has 6 heteroatoms. The van der Waals surface area contributed by atoms with Crippen molar-refractivity contribution in [1.82, 2.24) is 10.2 Å². The van der Waals surface area contributed by atoms with E-state index in [2.05, 4.69) is 10.2 Å². The average molecular weight is 218 g/mol. The van der Waals surface area contributed by atoms with Gasteiger partial charge in [0.15, 0.2) is 5.82 Å². The highest BCUT2D eigenvalue weighted by molar-refractivity contribution is 6.21. The molecule has 2 unspecified atom stereocenters. The first-order chi connectivity index (χ1) is 7.57. The lowest BCUT2D eigenvalue weighted by atomic mass is 10.00. The first kappa shape index (κ1) is 10.4. The van der Waals surface area contributed by atoms with E-state index in [1.54, 1.807) is 13.8 Å². The summed E-state index contributed by atoms with van der Waals surface area (Å²) in [5.74, 6) is -1.13. The van der Waals surface area contributed by atoms with Gasteiger partial charge in [0.2, 0.25) is 11.8 Å². The van der Waals surface area contributed by atoms with E-state index in [1.807, 2.05) is 6.07 Å². The van der Waals surface area contributed by atoms with Crippen LogP contribution in [0.25, 0.3) is 0 Å². The summed E-state index contributed by atoms with van der Waals surface area (Å²) in [4.78, 5) is 24.7. The number of aromatic nitrogens is 2. The molecule has 0 bridgehead atoms. The van der Waals surface area contributed by atoms with Crippen LogP contribution in [0.5, 0.6) is 0 Å². The summed E-state index contributed by atoms with van der Waals surface area (Å²) in [7, 11) is 0. The number of carbonyl (C=O) groups is 2. The molecule has 0 aliphatic carbocycles. The minimum atomic E-state index is -0.359. The second kappa shape index (κ2) is 3.45. The second-order valence-corrected chi connectivity index (χ2v) is 3.83. The van der Waals surface area contributed by atoms with E-state index in [4.69, 9.17) is 5.26 Å². The number of hydrogen-bond donors (Lipinski definition) is 1. The molecule has 0 radical (unpaired) electrons. The van der Waals surface area contributed by atoms with Gasteiger partial charge in [0.25, 0.3) is 0 Å². The molecule has 1 N–H and O–H groups in total. The molecule has 2 atom stereocenters. The van der Waals surface area contributed by atoms with Crippen molar-refractivity contribution in [3.05, 3.63) is 11.8 Å². The van der Waals surface area contributed by atoms with E-state index >= 15 is 0 Å². The summed E-state index contributed by atoms with van der Waals surface area (Å²) in [6.07, 6.45) is 1.30. The third kappa shape index (κ3) is 1.21. The number of hydrogen-bond acceptors (Lipinski definition) is 4. The molecular formula is C10H10N4O2. The third-order valence-electron chi connectivity index (χ3n) is 2.93. The minimum Gasteiger partial charge on any atom is -0.274 e. The van der Waals surface area contributed by atoms with Crippen molar-refractivity contribution in [3.63, 3.8) is 0 Å². The molecule has 1 aliphatic rings. The predicted octanol–water partition coefficient (Wildman–Crippen LogP) is 0.427. The van der Waals surface area contributed by atoms with Gasteiger partial charge in [-0.3, -0.25) is 14.7 Å². The summed E-state index contributed by atoms with van der Waals surface area (Å²) >= 11 is 0. The quantitative estimate of drug-likeness (QED) is 0.692. The van der Waals surface area contributed by atoms with Gasteiger partial charge in [-0.1, -0.05) is 13.8 Å². The number of anilines is 1. The zero-order chi connectivity index (χ0) is 11.9. The van der Waals surface area contributed by atoms with Gasteiger partial charge in [0, 0.05) is 11.8 Å². The van der Waals surface area contributed by atoms with Crippen molar-refractivity contribution >= 4 is 17.6 Å². The molecule has 0 aromatic carbocycles. The average Bonchev–Trinajstić information content (AvgIpc) is 2.80. The van der Waals surface area contributed by atoms with E-state index < -0.39 is 0 Å². The largest absolute Gasteiger partial charge is 0.274 e. The Bertz CT molecular complexity index is 479. The number of nitriles is 1. The molecule has 0 spiro atoms. The van der Waals surface area contributed by atoms with Gasteiger partial charge < -0.3 is 0 Å². The highest BCUT2D eigenvalue weighted by Gasteiger charge is 2.44. The molecule has 16 heavy (non-hydrogen) atoms. The molecule has 1 aliphatic heterocycles. The second-order valence-electron chi connectivity index (χ2n) is 3.83. The Kier molecular flexibility index (Phi) is 2.23. The van der Waals surface area contributed by atoms with Gasteiger partial charge in [-0.05, 0) is 0 Å². The van der Waals surface area contributed by atoms with Gasteiger partial charge in [-0.2, -0.15) is 10.4 Å². The van der Waals surface area contributed by atoms with Crippen LogP contribution in [0, 0.1) is 23.2 Å². The lowest BCUT2D eigenvalue weighted by Crippen LogP contribution is -2.31. The van der Waals surface area contributed by atoms with Crippen LogP contribution in [0.4, 0.5) is 5.82 Å². The summed E-state index contributed by atoms with van der Waals surface area (Å²) in [6.45, 7) is 3.40. The molecule has 82 valence electrons. The molecule has 0 saturated carbocycles. The lowest BCUT2D eigenvalue weighted by Gasteiger charge is -2.11. The maximum absolute atomic E-state index is 11.8. The van der Waals surface area contributed by atoms with Crippen molar-refractivity contribution in [2.45, 2.75) is 13.8 Å². The van der Waals surface area contributed by atoms with E-state index in [0.29, 0.717) is 0 Å². The Morgan fingerprint density at radius 1 is 1.38 bits per heavy atom. The van der Waals surface area contributed by atoms with Crippen molar-refractivity contribution in [3.8, 4) is 6.07 Å². The van der Waals surface area contributed by atoms with Crippen molar-refractivity contribution in [2.24, 2.45) is 11.8 Å². The van der Waals surface area contributed by atoms with E-state index in [9.17, 15) is 9.59 Å². The summed E-state index contributed by atoms with van der Waals surface area (Å²) < 4.78 is 0. The van der Waals surface area contributed by atoms with Crippen LogP contribution in [0.1, 0.15) is 19.4 Å². The first-order valence-electron chi connectivity index (χ1n) is 4.89. The van der Waals surface area contributed by atoms with Crippen LogP contribution >= 0.6 is 0 Å². The van der Waals surface area contributed by atoms with Crippen molar-refractivity contribution < 1.29 is 9.59 Å². The highest BCUT2D eigenvalue weighted by Crippen LogP contribution is 2.30. The maximum atomic E-state index is 11.8. The maximum Gasteiger partial charge on any atom is 0.238 e. The van der Waals surface area contributed by atoms with E-state index in [-0.39, 0.29) is 35.0 Å². The van der Waals surface area contributed by atoms with Gasteiger partial charge in [-0.15, -0.1) is 0 Å². The predicted molar refractivity (Wildman–Crippen MR) is 54.1 cm³/mol. The van der Waals surface area contributed by atoms with Crippen LogP contribution in [0.15, 0.2) is 6.20 Å². The molecule has 2 heterocycles. The number of aromatic amines is 1. The third-order valence-corrected chi connectivity index (χ3v) is 2.93. The molecule has 1 aromatic rings. The van der Waals surface area contributed by atoms with Crippen molar-refractivity contribution in [1.29, 1.82) is 5.26 Å². The summed E-state index contributed by atoms with van der Waals surface area (Å²) in [6, 6.07) is 1.88. The fourth-order valence-corrected chi connectivity index (χ4v) is 1.70. The Balaban J connectivity index is 2.47. The standard InChI is InChI=1S/C10H10N4O2/c1-5-6(2)10(16)14(9(5)15)8-7(3-11)4-12-13-8/h4-6H,1-2H3,(H,12,13). The number of H-pyrrole nitrogens is 1. The van der Waals surface area contributed by atoms with Crippen LogP contribution in [-0.2, 0) is 9.59 Å². The van der Waals surface area contributed by atoms with Gasteiger partial charge >= 0.3 is 0 Å². The number of imide groups is 1. The monoisotopic (exact) mass is 218 g/mol. The van der Waals surface area contributed by atoms with Crippen molar-refractivity contribution in [2.75, 3.05) is 4.90 Å². The number of amides is 2. The molecule has 2 amide bonds. The Morgan fingerprint density at radius 2 is 1.94 bits per heavy atom. The smallest absolute Gasteiger partial charge is 0.238 e. The van der Waals surface area contributed by atoms with Gasteiger partial charge in [-0.25, -0.2) is 4.90 Å². The first-order valence-corrected chi connectivity index (χ1v) is 4.89. The number of nitrogens with zero attached hydrogens (tertiary/aromatic N) is 3. The highest BCUT2D eigenvalue weighted by atomic mass is 16.2. The van der Waals surface area contributed by atoms with Crippen LogP contribution in [0.3, 0.4) is 0 Å². The molecule has 1 aromatic heterocycles. The molecular weight excluding hydrogens is 208 g/mol. The number of rotatable bonds is 1. The molecule has 6 nitrogen and oxygen atoms in total. The number of nitrogens with one attached hydrogen (secondary N) is 1. The zero-order valence-corrected chi connectivity index (χ0v) is 8.89. The topological polar surface area (TPSA) is 89.8 Å². The minimum absolute atomic E-state index is 0.175. The summed E-state index contributed by atoms with van der Waals surface area (Å²) in [5, 5.41) is 15.0. The lowest BCUT2D eigenvalue weighted by molar-refractivity contribution is -0.122. The van der Waals surface area contributed by atoms with Gasteiger partial charge in [0.1, 0.15) is 11.6 Å². The molecule has 1 saturated heterocycles. The summed E-state index contributed by atoms with van der Waals surface area (Å²) in [5.41, 5.74) is 0.197. The Morgan fingerprint density at radius 3 is 2.44 bits per heavy atom. The van der Waals surface area contributed by atoms with E-state index in [1.165, 1.54) is 6.20 Å².